The lowest BCUT2D eigenvalue weighted by Crippen LogP contribution is -2.25. The van der Waals surface area contributed by atoms with Crippen LogP contribution in [0, 0.1) is 5.41 Å². The molecule has 0 aromatic heterocycles. The van der Waals surface area contributed by atoms with Gasteiger partial charge in [-0.25, -0.2) is 0 Å². The smallest absolute Gasteiger partial charge is 0.0619 e. The van der Waals surface area contributed by atoms with Gasteiger partial charge in [-0.15, -0.1) is 0 Å². The zero-order valence-electron chi connectivity index (χ0n) is 18.2. The molecule has 0 heterocycles. The molecule has 0 unspecified atom stereocenters. The van der Waals surface area contributed by atoms with Crippen LogP contribution in [0.25, 0.3) is 22.3 Å². The summed E-state index contributed by atoms with van der Waals surface area (Å²) in [7, 11) is 0. The molecule has 0 heteroatoms. The number of fused-ring (bicyclic) bond motifs is 10. The van der Waals surface area contributed by atoms with Crippen molar-refractivity contribution >= 4 is 0 Å². The highest BCUT2D eigenvalue weighted by molar-refractivity contribution is 5.94. The van der Waals surface area contributed by atoms with Crippen molar-refractivity contribution in [3.63, 3.8) is 0 Å². The summed E-state index contributed by atoms with van der Waals surface area (Å²) >= 11 is 0. The lowest BCUT2D eigenvalue weighted by atomic mass is 9.70. The second kappa shape index (κ2) is 6.71. The van der Waals surface area contributed by atoms with E-state index in [2.05, 4.69) is 125 Å². The van der Waals surface area contributed by atoms with Crippen molar-refractivity contribution in [1.29, 1.82) is 0 Å². The van der Waals surface area contributed by atoms with E-state index in [0.717, 1.165) is 0 Å². The average molecular weight is 389 g/mol. The van der Waals surface area contributed by atoms with Gasteiger partial charge in [0.15, 0.2) is 0 Å². The second-order valence-electron chi connectivity index (χ2n) is 9.93. The maximum atomic E-state index is 2.31. The molecule has 0 atom stereocenters. The third-order valence-electron chi connectivity index (χ3n) is 5.90. The van der Waals surface area contributed by atoms with Crippen LogP contribution < -0.4 is 0 Å². The maximum absolute atomic E-state index is 2.31. The molecule has 0 amide bonds. The van der Waals surface area contributed by atoms with E-state index >= 15 is 0 Å². The number of hydrogen-bond acceptors (Lipinski definition) is 0. The minimum Gasteiger partial charge on any atom is -0.0619 e. The SMILES string of the molecule is CC(C)(C)C.c1ccc2c(c1)-c1ccccc1C21c2ccccc2-c2ccccc21. The van der Waals surface area contributed by atoms with E-state index in [-0.39, 0.29) is 5.41 Å². The Balaban J connectivity index is 0.000000349. The van der Waals surface area contributed by atoms with Gasteiger partial charge in [-0.05, 0) is 49.9 Å². The molecular formula is C30H28. The second-order valence-corrected chi connectivity index (χ2v) is 9.93. The lowest BCUT2D eigenvalue weighted by molar-refractivity contribution is 0.469. The van der Waals surface area contributed by atoms with Gasteiger partial charge in [0.25, 0.3) is 0 Å². The molecule has 0 fully saturated rings. The van der Waals surface area contributed by atoms with E-state index in [1.54, 1.807) is 0 Å². The van der Waals surface area contributed by atoms with Gasteiger partial charge in [0, 0.05) is 0 Å². The van der Waals surface area contributed by atoms with Crippen molar-refractivity contribution in [1.82, 2.24) is 0 Å². The minimum atomic E-state index is -0.180. The third kappa shape index (κ3) is 2.67. The van der Waals surface area contributed by atoms with Crippen LogP contribution in [0.1, 0.15) is 49.9 Å². The summed E-state index contributed by atoms with van der Waals surface area (Å²) in [5.41, 5.74) is 11.4. The fourth-order valence-electron chi connectivity index (χ4n) is 5.05. The highest BCUT2D eigenvalue weighted by Crippen LogP contribution is 2.62. The van der Waals surface area contributed by atoms with Gasteiger partial charge in [0.05, 0.1) is 5.41 Å². The van der Waals surface area contributed by atoms with Gasteiger partial charge in [0.1, 0.15) is 0 Å². The summed E-state index contributed by atoms with van der Waals surface area (Å²) in [6, 6.07) is 35.7. The van der Waals surface area contributed by atoms with Gasteiger partial charge in [0.2, 0.25) is 0 Å². The first-order chi connectivity index (χ1) is 14.4. The first-order valence-corrected chi connectivity index (χ1v) is 10.8. The van der Waals surface area contributed by atoms with Gasteiger partial charge in [-0.1, -0.05) is 125 Å². The molecule has 148 valence electrons. The Bertz CT molecular complexity index is 1040. The van der Waals surface area contributed by atoms with Crippen LogP contribution in [-0.2, 0) is 5.41 Å². The molecule has 30 heavy (non-hydrogen) atoms. The van der Waals surface area contributed by atoms with Crippen molar-refractivity contribution in [2.45, 2.75) is 33.1 Å². The number of rotatable bonds is 0. The topological polar surface area (TPSA) is 0 Å². The summed E-state index contributed by atoms with van der Waals surface area (Å²) in [6.07, 6.45) is 0. The van der Waals surface area contributed by atoms with E-state index in [9.17, 15) is 0 Å². The standard InChI is InChI=1S/C25H16.C5H12/c1-5-13-21-17(9-1)18-10-2-6-14-22(18)25(21)23-15-7-3-11-19(23)20-12-4-8-16-24(20)25;1-5(2,3)4/h1-16H;1-4H3. The van der Waals surface area contributed by atoms with E-state index < -0.39 is 0 Å². The van der Waals surface area contributed by atoms with Crippen molar-refractivity contribution in [2.24, 2.45) is 5.41 Å². The maximum Gasteiger partial charge on any atom is 0.0725 e. The largest absolute Gasteiger partial charge is 0.0725 e. The quantitative estimate of drug-likeness (QED) is 0.247. The van der Waals surface area contributed by atoms with Crippen LogP contribution in [0.4, 0.5) is 0 Å². The van der Waals surface area contributed by atoms with E-state index in [1.807, 2.05) is 0 Å². The third-order valence-corrected chi connectivity index (χ3v) is 5.90. The van der Waals surface area contributed by atoms with Crippen molar-refractivity contribution in [2.75, 3.05) is 0 Å². The summed E-state index contributed by atoms with van der Waals surface area (Å²) < 4.78 is 0. The van der Waals surface area contributed by atoms with Gasteiger partial charge >= 0.3 is 0 Å². The van der Waals surface area contributed by atoms with Crippen molar-refractivity contribution in [3.05, 3.63) is 119 Å². The molecule has 0 saturated heterocycles. The molecule has 6 rings (SSSR count). The van der Waals surface area contributed by atoms with E-state index in [1.165, 1.54) is 44.5 Å². The Hall–Kier alpha value is -3.12. The molecule has 0 bridgehead atoms. The first kappa shape index (κ1) is 18.9. The van der Waals surface area contributed by atoms with Crippen molar-refractivity contribution in [3.8, 4) is 22.3 Å². The van der Waals surface area contributed by atoms with E-state index in [0.29, 0.717) is 5.41 Å². The zero-order chi connectivity index (χ0) is 20.9. The fraction of sp³-hybridized carbons (Fsp3) is 0.200. The monoisotopic (exact) mass is 388 g/mol. The van der Waals surface area contributed by atoms with Gasteiger partial charge < -0.3 is 0 Å². The summed E-state index contributed by atoms with van der Waals surface area (Å²) in [4.78, 5) is 0. The Labute approximate surface area is 180 Å². The van der Waals surface area contributed by atoms with E-state index in [4.69, 9.17) is 0 Å². The molecule has 1 spiro atoms. The minimum absolute atomic E-state index is 0.180. The predicted octanol–water partition coefficient (Wildman–Crippen LogP) is 8.08. The van der Waals surface area contributed by atoms with Gasteiger partial charge in [-0.2, -0.15) is 0 Å². The zero-order valence-corrected chi connectivity index (χ0v) is 18.2. The van der Waals surface area contributed by atoms with Crippen LogP contribution in [0.5, 0.6) is 0 Å². The highest BCUT2D eigenvalue weighted by Gasteiger charge is 2.51. The number of benzene rings is 4. The molecule has 0 aliphatic heterocycles. The molecule has 4 aromatic rings. The Kier molecular flexibility index (Phi) is 4.22. The van der Waals surface area contributed by atoms with Crippen LogP contribution in [0.15, 0.2) is 97.1 Å². The van der Waals surface area contributed by atoms with Gasteiger partial charge in [-0.3, -0.25) is 0 Å². The Morgan fingerprint density at radius 2 is 0.600 bits per heavy atom. The molecule has 0 saturated carbocycles. The van der Waals surface area contributed by atoms with Crippen molar-refractivity contribution < 1.29 is 0 Å². The predicted molar refractivity (Wildman–Crippen MR) is 128 cm³/mol. The first-order valence-electron chi connectivity index (χ1n) is 10.8. The molecular weight excluding hydrogens is 360 g/mol. The highest BCUT2D eigenvalue weighted by atomic mass is 14.5. The summed E-state index contributed by atoms with van der Waals surface area (Å²) in [5.74, 6) is 0. The molecule has 4 aromatic carbocycles. The van der Waals surface area contributed by atoms with Crippen LogP contribution >= 0.6 is 0 Å². The molecule has 0 N–H and O–H groups in total. The van der Waals surface area contributed by atoms with Crippen LogP contribution in [0.3, 0.4) is 0 Å². The Morgan fingerprint density at radius 3 is 0.833 bits per heavy atom. The molecule has 0 nitrogen and oxygen atoms in total. The number of hydrogen-bond donors (Lipinski definition) is 0. The molecule has 0 radical (unpaired) electrons. The molecule has 2 aliphatic rings. The summed E-state index contributed by atoms with van der Waals surface area (Å²) in [6.45, 7) is 8.75. The fourth-order valence-corrected chi connectivity index (χ4v) is 5.05. The average Bonchev–Trinajstić information content (AvgIpc) is 3.20. The Morgan fingerprint density at radius 1 is 0.400 bits per heavy atom. The summed E-state index contributed by atoms with van der Waals surface area (Å²) in [5, 5.41) is 0. The normalized spacial score (nSPS) is 14.3. The lowest BCUT2D eigenvalue weighted by Gasteiger charge is -2.30. The van der Waals surface area contributed by atoms with Crippen LogP contribution in [-0.4, -0.2) is 0 Å². The van der Waals surface area contributed by atoms with Crippen LogP contribution in [0.2, 0.25) is 0 Å². The molecule has 2 aliphatic carbocycles.